The van der Waals surface area contributed by atoms with Crippen LogP contribution in [0.25, 0.3) is 105 Å². The van der Waals surface area contributed by atoms with E-state index in [-0.39, 0.29) is 0 Å². The summed E-state index contributed by atoms with van der Waals surface area (Å²) in [4.78, 5) is 5.45. The molecule has 4 nitrogen and oxygen atoms in total. The SMILES string of the molecule is c1ccc(-n2c3ccccc3c3cc(-c4ccc5c(c4)c4ccccc4n5-c4nc(-c5ccc(-c6cccc7ccccc67)cc5)c5ccccn45)ccc32)cc1. The smallest absolute Gasteiger partial charge is 0.220 e. The lowest BCUT2D eigenvalue weighted by atomic mass is 9.97. The molecule has 0 aliphatic heterocycles. The maximum absolute atomic E-state index is 5.45. The Bertz CT molecular complexity index is 3510. The Morgan fingerprint density at radius 3 is 1.60 bits per heavy atom. The second kappa shape index (κ2) is 12.4. The highest BCUT2D eigenvalue weighted by Crippen LogP contribution is 2.39. The minimum absolute atomic E-state index is 0.868. The first kappa shape index (κ1) is 31.6. The zero-order valence-electron chi connectivity index (χ0n) is 30.9. The van der Waals surface area contributed by atoms with Crippen molar-refractivity contribution in [3.8, 4) is 45.1 Å². The van der Waals surface area contributed by atoms with Crippen molar-refractivity contribution in [1.82, 2.24) is 18.5 Å². The molecule has 4 heterocycles. The number of pyridine rings is 1. The van der Waals surface area contributed by atoms with Gasteiger partial charge in [-0.3, -0.25) is 8.97 Å². The number of imidazole rings is 1. The average molecular weight is 727 g/mol. The molecular formula is C53H34N4. The fourth-order valence-corrected chi connectivity index (χ4v) is 9.05. The van der Waals surface area contributed by atoms with Crippen molar-refractivity contribution in [3.63, 3.8) is 0 Å². The zero-order valence-corrected chi connectivity index (χ0v) is 30.9. The molecule has 0 saturated carbocycles. The lowest BCUT2D eigenvalue weighted by Gasteiger charge is -2.09. The Hall–Kier alpha value is -7.69. The number of fused-ring (bicyclic) bond motifs is 8. The van der Waals surface area contributed by atoms with E-state index in [9.17, 15) is 0 Å². The van der Waals surface area contributed by atoms with Crippen LogP contribution in [0.15, 0.2) is 206 Å². The second-order valence-corrected chi connectivity index (χ2v) is 14.8. The zero-order chi connectivity index (χ0) is 37.5. The molecule has 0 unspecified atom stereocenters. The maximum Gasteiger partial charge on any atom is 0.220 e. The topological polar surface area (TPSA) is 27.2 Å². The second-order valence-electron chi connectivity index (χ2n) is 14.8. The summed E-state index contributed by atoms with van der Waals surface area (Å²) in [7, 11) is 0. The van der Waals surface area contributed by atoms with Crippen molar-refractivity contribution < 1.29 is 0 Å². The Balaban J connectivity index is 0.998. The monoisotopic (exact) mass is 726 g/mol. The van der Waals surface area contributed by atoms with Crippen molar-refractivity contribution in [3.05, 3.63) is 206 Å². The molecule has 0 bridgehead atoms. The van der Waals surface area contributed by atoms with E-state index in [0.29, 0.717) is 0 Å². The van der Waals surface area contributed by atoms with Gasteiger partial charge in [0.25, 0.3) is 0 Å². The van der Waals surface area contributed by atoms with E-state index in [1.165, 1.54) is 71.3 Å². The molecule has 12 aromatic rings. The van der Waals surface area contributed by atoms with Gasteiger partial charge in [0.05, 0.1) is 33.3 Å². The van der Waals surface area contributed by atoms with Crippen LogP contribution < -0.4 is 0 Å². The Labute approximate surface area is 328 Å². The number of hydrogen-bond donors (Lipinski definition) is 0. The van der Waals surface area contributed by atoms with E-state index in [2.05, 4.69) is 220 Å². The number of para-hydroxylation sites is 3. The lowest BCUT2D eigenvalue weighted by Crippen LogP contribution is -2.00. The highest BCUT2D eigenvalue weighted by atomic mass is 15.2. The van der Waals surface area contributed by atoms with Crippen LogP contribution in [-0.4, -0.2) is 18.5 Å². The van der Waals surface area contributed by atoms with E-state index in [1.54, 1.807) is 0 Å². The molecule has 4 aromatic heterocycles. The number of hydrogen-bond acceptors (Lipinski definition) is 1. The fourth-order valence-electron chi connectivity index (χ4n) is 9.05. The van der Waals surface area contributed by atoms with E-state index in [1.807, 2.05) is 0 Å². The predicted octanol–water partition coefficient (Wildman–Crippen LogP) is 13.7. The molecule has 12 rings (SSSR count). The molecule has 0 radical (unpaired) electrons. The maximum atomic E-state index is 5.45. The quantitative estimate of drug-likeness (QED) is 0.173. The van der Waals surface area contributed by atoms with Gasteiger partial charge >= 0.3 is 0 Å². The van der Waals surface area contributed by atoms with Crippen LogP contribution in [-0.2, 0) is 0 Å². The molecule has 0 amide bonds. The Morgan fingerprint density at radius 1 is 0.333 bits per heavy atom. The van der Waals surface area contributed by atoms with Crippen molar-refractivity contribution in [2.45, 2.75) is 0 Å². The molecule has 8 aromatic carbocycles. The van der Waals surface area contributed by atoms with Gasteiger partial charge in [-0.2, -0.15) is 0 Å². The third-order valence-corrected chi connectivity index (χ3v) is 11.7. The van der Waals surface area contributed by atoms with Gasteiger partial charge in [0, 0.05) is 39.0 Å². The third-order valence-electron chi connectivity index (χ3n) is 11.7. The van der Waals surface area contributed by atoms with Gasteiger partial charge in [0.1, 0.15) is 0 Å². The summed E-state index contributed by atoms with van der Waals surface area (Å²) < 4.78 is 6.92. The van der Waals surface area contributed by atoms with Crippen molar-refractivity contribution in [2.24, 2.45) is 0 Å². The summed E-state index contributed by atoms with van der Waals surface area (Å²) in [5.41, 5.74) is 13.7. The predicted molar refractivity (Wildman–Crippen MR) is 238 cm³/mol. The molecule has 4 heteroatoms. The molecule has 0 spiro atoms. The molecular weight excluding hydrogens is 693 g/mol. The number of aromatic nitrogens is 4. The standard InChI is InChI=1S/C53H34N4/c1-2-15-40(16-3-1)56-47-21-8-6-18-43(47)45-33-38(28-30-49(45)56)39-29-31-50-46(34-39)44-19-7-9-22-48(44)57(50)53-54-52(51-23-10-11-32-55(51)53)37-26-24-36(25-27-37)42-20-12-14-35-13-4-5-17-41(35)42/h1-34H. The van der Waals surface area contributed by atoms with E-state index in [4.69, 9.17) is 4.98 Å². The molecule has 0 N–H and O–H groups in total. The third kappa shape index (κ3) is 4.84. The summed E-state index contributed by atoms with van der Waals surface area (Å²) >= 11 is 0. The number of rotatable bonds is 5. The van der Waals surface area contributed by atoms with Crippen molar-refractivity contribution in [2.75, 3.05) is 0 Å². The van der Waals surface area contributed by atoms with Gasteiger partial charge in [-0.15, -0.1) is 0 Å². The van der Waals surface area contributed by atoms with E-state index >= 15 is 0 Å². The van der Waals surface area contributed by atoms with Crippen molar-refractivity contribution >= 4 is 59.9 Å². The molecule has 0 aliphatic rings. The molecule has 0 saturated heterocycles. The Morgan fingerprint density at radius 2 is 0.860 bits per heavy atom. The first-order valence-corrected chi connectivity index (χ1v) is 19.5. The highest BCUT2D eigenvalue weighted by molar-refractivity contribution is 6.12. The number of benzene rings is 8. The minimum atomic E-state index is 0.868. The minimum Gasteiger partial charge on any atom is -0.309 e. The number of nitrogens with zero attached hydrogens (tertiary/aromatic N) is 4. The van der Waals surface area contributed by atoms with E-state index in [0.717, 1.165) is 33.8 Å². The van der Waals surface area contributed by atoms with Crippen LogP contribution in [0.5, 0.6) is 0 Å². The normalized spacial score (nSPS) is 11.9. The van der Waals surface area contributed by atoms with Gasteiger partial charge in [0.15, 0.2) is 0 Å². The highest BCUT2D eigenvalue weighted by Gasteiger charge is 2.20. The summed E-state index contributed by atoms with van der Waals surface area (Å²) in [5.74, 6) is 0.868. The summed E-state index contributed by atoms with van der Waals surface area (Å²) in [6, 6.07) is 72.2. The summed E-state index contributed by atoms with van der Waals surface area (Å²) in [6.45, 7) is 0. The van der Waals surface area contributed by atoms with Gasteiger partial charge in [0.2, 0.25) is 5.95 Å². The van der Waals surface area contributed by atoms with Crippen LogP contribution in [0.1, 0.15) is 0 Å². The fraction of sp³-hybridized carbons (Fsp3) is 0. The van der Waals surface area contributed by atoms with Gasteiger partial charge in [-0.1, -0.05) is 140 Å². The van der Waals surface area contributed by atoms with Crippen LogP contribution in [0.2, 0.25) is 0 Å². The first-order valence-electron chi connectivity index (χ1n) is 19.5. The van der Waals surface area contributed by atoms with Gasteiger partial charge < -0.3 is 4.57 Å². The molecule has 0 fully saturated rings. The van der Waals surface area contributed by atoms with Crippen LogP contribution >= 0.6 is 0 Å². The largest absolute Gasteiger partial charge is 0.309 e. The van der Waals surface area contributed by atoms with Crippen molar-refractivity contribution in [1.29, 1.82) is 0 Å². The Kier molecular flexibility index (Phi) is 6.89. The van der Waals surface area contributed by atoms with Crippen LogP contribution in [0.4, 0.5) is 0 Å². The first-order chi connectivity index (χ1) is 28.3. The summed E-state index contributed by atoms with van der Waals surface area (Å²) in [6.07, 6.45) is 2.13. The average Bonchev–Trinajstić information content (AvgIpc) is 3.94. The molecule has 57 heavy (non-hydrogen) atoms. The molecule has 0 aliphatic carbocycles. The molecule has 266 valence electrons. The van der Waals surface area contributed by atoms with Crippen LogP contribution in [0.3, 0.4) is 0 Å². The van der Waals surface area contributed by atoms with Crippen LogP contribution in [0, 0.1) is 0 Å². The lowest BCUT2D eigenvalue weighted by molar-refractivity contribution is 0.983. The van der Waals surface area contributed by atoms with E-state index < -0.39 is 0 Å². The van der Waals surface area contributed by atoms with Gasteiger partial charge in [-0.05, 0) is 93.7 Å². The van der Waals surface area contributed by atoms with Gasteiger partial charge in [-0.25, -0.2) is 4.98 Å². The molecule has 0 atom stereocenters. The summed E-state index contributed by atoms with van der Waals surface area (Å²) in [5, 5.41) is 7.40.